The first kappa shape index (κ1) is 34.7. The van der Waals surface area contributed by atoms with E-state index in [0.717, 1.165) is 64.6 Å². The Morgan fingerprint density at radius 1 is 0.956 bits per heavy atom. The third kappa shape index (κ3) is 8.97. The number of hydrogen-bond acceptors (Lipinski definition) is 7. The van der Waals surface area contributed by atoms with Gasteiger partial charge in [-0.05, 0) is 129 Å². The van der Waals surface area contributed by atoms with Crippen LogP contribution in [0.25, 0.3) is 20.5 Å². The molecule has 1 fully saturated rings. The maximum Gasteiger partial charge on any atom is 0.250 e. The van der Waals surface area contributed by atoms with Gasteiger partial charge in [0.2, 0.25) is 8.32 Å². The van der Waals surface area contributed by atoms with Gasteiger partial charge in [0, 0.05) is 32.6 Å². The van der Waals surface area contributed by atoms with E-state index in [1.807, 2.05) is 54.6 Å². The molecule has 45 heavy (non-hydrogen) atoms. The summed E-state index contributed by atoms with van der Waals surface area (Å²) in [7, 11) is -1.96. The molecule has 5 rings (SSSR count). The van der Waals surface area contributed by atoms with Gasteiger partial charge in [0.05, 0.1) is 0 Å². The number of likely N-dealkylation sites (tertiary alicyclic amines) is 1. The zero-order chi connectivity index (χ0) is 32.6. The normalized spacial score (nSPS) is 14.1. The number of carbonyl (C=O) groups excluding carboxylic acids is 1. The molecule has 2 heterocycles. The molecule has 0 amide bonds. The summed E-state index contributed by atoms with van der Waals surface area (Å²) in [6.45, 7) is 17.9. The molecule has 0 saturated carbocycles. The molecule has 6 nitrogen and oxygen atoms in total. The van der Waals surface area contributed by atoms with Gasteiger partial charge in [-0.3, -0.25) is 9.69 Å². The van der Waals surface area contributed by atoms with Crippen molar-refractivity contribution in [2.75, 3.05) is 32.8 Å². The van der Waals surface area contributed by atoms with Gasteiger partial charge < -0.3 is 20.0 Å². The number of fused-ring (bicyclic) bond motifs is 1. The van der Waals surface area contributed by atoms with Crippen molar-refractivity contribution >= 4 is 35.5 Å². The number of phenols is 1. The Kier molecular flexibility index (Phi) is 11.9. The van der Waals surface area contributed by atoms with E-state index in [1.54, 1.807) is 12.1 Å². The monoisotopic (exact) mass is 646 g/mol. The van der Waals surface area contributed by atoms with E-state index in [2.05, 4.69) is 45.7 Å². The Morgan fingerprint density at radius 3 is 2.18 bits per heavy atom. The lowest BCUT2D eigenvalue weighted by atomic mass is 9.97. The number of piperidine rings is 1. The predicted octanol–water partition coefficient (Wildman–Crippen LogP) is 9.11. The number of nitrogens with zero attached hydrogens (tertiary/aromatic N) is 1. The number of thiophene rings is 1. The van der Waals surface area contributed by atoms with Crippen LogP contribution in [-0.4, -0.2) is 56.9 Å². The smallest absolute Gasteiger partial charge is 0.250 e. The van der Waals surface area contributed by atoms with Crippen LogP contribution in [0.5, 0.6) is 17.2 Å². The van der Waals surface area contributed by atoms with Crippen molar-refractivity contribution in [2.45, 2.75) is 71.5 Å². The molecule has 0 spiro atoms. The molecule has 0 bridgehead atoms. The summed E-state index contributed by atoms with van der Waals surface area (Å²) in [5.74, 6) is 1.77. The second kappa shape index (κ2) is 15.4. The standard InChI is InChI=1S/C34H41NO4SSi.C3H9N/c1-34(2,3)41(4,5)39-28-16-11-25(12-17-28)33-31(29-18-13-26(36)23-30(29)40-33)32(37)24-9-14-27(15-10-24)38-22-21-35-19-7-6-8-20-35;1-2-3-4/h9-18,23,36H,6-8,19-22H2,1-5H3;2-4H2,1H3. The van der Waals surface area contributed by atoms with Crippen molar-refractivity contribution in [3.05, 3.63) is 77.9 Å². The third-order valence-electron chi connectivity index (χ3n) is 8.73. The lowest BCUT2D eigenvalue weighted by Gasteiger charge is -2.36. The Labute approximate surface area is 274 Å². The summed E-state index contributed by atoms with van der Waals surface area (Å²) in [6, 6.07) is 20.7. The van der Waals surface area contributed by atoms with Crippen molar-refractivity contribution in [3.8, 4) is 27.7 Å². The largest absolute Gasteiger partial charge is 0.544 e. The number of carbonyl (C=O) groups is 1. The molecule has 3 aromatic carbocycles. The van der Waals surface area contributed by atoms with Crippen LogP contribution in [0.2, 0.25) is 18.1 Å². The molecule has 1 aliphatic heterocycles. The number of rotatable bonds is 10. The molecule has 0 atom stereocenters. The zero-order valence-corrected chi connectivity index (χ0v) is 29.6. The zero-order valence-electron chi connectivity index (χ0n) is 27.8. The number of ether oxygens (including phenoxy) is 1. The fourth-order valence-electron chi connectivity index (χ4n) is 4.96. The van der Waals surface area contributed by atoms with Gasteiger partial charge in [0.1, 0.15) is 23.9 Å². The highest BCUT2D eigenvalue weighted by molar-refractivity contribution is 7.22. The van der Waals surface area contributed by atoms with Crippen molar-refractivity contribution in [2.24, 2.45) is 5.73 Å². The third-order valence-corrected chi connectivity index (χ3v) is 14.3. The van der Waals surface area contributed by atoms with Crippen LogP contribution in [0.1, 0.15) is 69.3 Å². The molecule has 4 aromatic rings. The lowest BCUT2D eigenvalue weighted by molar-refractivity contribution is 0.104. The molecule has 0 radical (unpaired) electrons. The summed E-state index contributed by atoms with van der Waals surface area (Å²) in [4.78, 5) is 17.3. The van der Waals surface area contributed by atoms with E-state index in [9.17, 15) is 9.90 Å². The van der Waals surface area contributed by atoms with Crippen LogP contribution in [0.4, 0.5) is 0 Å². The van der Waals surface area contributed by atoms with Gasteiger partial charge in [-0.1, -0.05) is 34.1 Å². The predicted molar refractivity (Wildman–Crippen MR) is 192 cm³/mol. The Morgan fingerprint density at radius 2 is 1.58 bits per heavy atom. The number of phenolic OH excluding ortho intramolecular Hbond substituents is 1. The number of ketones is 1. The number of nitrogens with two attached hydrogens (primary N) is 1. The second-order valence-corrected chi connectivity index (χ2v) is 19.0. The number of hydrogen-bond donors (Lipinski definition) is 2. The van der Waals surface area contributed by atoms with Gasteiger partial charge in [-0.25, -0.2) is 0 Å². The lowest BCUT2D eigenvalue weighted by Crippen LogP contribution is -2.43. The molecule has 1 saturated heterocycles. The van der Waals surface area contributed by atoms with Gasteiger partial charge in [0.25, 0.3) is 0 Å². The van der Waals surface area contributed by atoms with Gasteiger partial charge >= 0.3 is 0 Å². The number of aromatic hydroxyl groups is 1. The SMILES string of the molecule is CC(C)(C)[Si](C)(C)Oc1ccc(-c2sc3cc(O)ccc3c2C(=O)c2ccc(OCCN3CCCCC3)cc2)cc1.CCCN. The topological polar surface area (TPSA) is 85.0 Å². The molecule has 1 aliphatic rings. The van der Waals surface area contributed by atoms with Gasteiger partial charge in [-0.2, -0.15) is 0 Å². The highest BCUT2D eigenvalue weighted by atomic mass is 32.1. The minimum absolute atomic E-state index is 0.0431. The van der Waals surface area contributed by atoms with Gasteiger partial charge in [0.15, 0.2) is 5.78 Å². The average Bonchev–Trinajstić information content (AvgIpc) is 3.40. The van der Waals surface area contributed by atoms with Crippen molar-refractivity contribution in [1.82, 2.24) is 4.90 Å². The summed E-state index contributed by atoms with van der Waals surface area (Å²) < 4.78 is 13.3. The van der Waals surface area contributed by atoms with Crippen LogP contribution in [0.15, 0.2) is 66.7 Å². The van der Waals surface area contributed by atoms with E-state index in [0.29, 0.717) is 17.7 Å². The summed E-state index contributed by atoms with van der Waals surface area (Å²) in [5, 5.41) is 11.1. The molecule has 242 valence electrons. The van der Waals surface area contributed by atoms with Crippen LogP contribution in [-0.2, 0) is 0 Å². The summed E-state index contributed by atoms with van der Waals surface area (Å²) in [5.41, 5.74) is 7.25. The Bertz CT molecular complexity index is 1530. The summed E-state index contributed by atoms with van der Waals surface area (Å²) >= 11 is 1.52. The molecule has 3 N–H and O–H groups in total. The molecule has 0 aliphatic carbocycles. The first-order chi connectivity index (χ1) is 21.4. The maximum absolute atomic E-state index is 14.0. The second-order valence-electron chi connectivity index (χ2n) is 13.3. The van der Waals surface area contributed by atoms with Crippen molar-refractivity contribution in [3.63, 3.8) is 0 Å². The molecule has 0 unspecified atom stereocenters. The molecular formula is C37H50N2O4SSi. The maximum atomic E-state index is 14.0. The number of benzene rings is 3. The minimum Gasteiger partial charge on any atom is -0.544 e. The Balaban J connectivity index is 0.00000109. The van der Waals surface area contributed by atoms with E-state index < -0.39 is 8.32 Å². The van der Waals surface area contributed by atoms with Crippen LogP contribution < -0.4 is 14.9 Å². The first-order valence-electron chi connectivity index (χ1n) is 16.2. The fourth-order valence-corrected chi connectivity index (χ4v) is 7.23. The van der Waals surface area contributed by atoms with E-state index in [1.165, 1.54) is 30.6 Å². The van der Waals surface area contributed by atoms with E-state index >= 15 is 0 Å². The first-order valence-corrected chi connectivity index (χ1v) is 19.9. The minimum atomic E-state index is -1.96. The highest BCUT2D eigenvalue weighted by Crippen LogP contribution is 2.42. The molecular weight excluding hydrogens is 597 g/mol. The molecule has 8 heteroatoms. The van der Waals surface area contributed by atoms with Crippen LogP contribution in [0.3, 0.4) is 0 Å². The van der Waals surface area contributed by atoms with E-state index in [4.69, 9.17) is 14.9 Å². The quantitative estimate of drug-likeness (QED) is 0.132. The van der Waals surface area contributed by atoms with Crippen molar-refractivity contribution in [1.29, 1.82) is 0 Å². The van der Waals surface area contributed by atoms with Crippen LogP contribution in [0, 0.1) is 0 Å². The fraction of sp³-hybridized carbons (Fsp3) is 0.432. The van der Waals surface area contributed by atoms with Crippen molar-refractivity contribution < 1.29 is 19.1 Å². The van der Waals surface area contributed by atoms with Crippen LogP contribution >= 0.6 is 11.3 Å². The summed E-state index contributed by atoms with van der Waals surface area (Å²) in [6.07, 6.45) is 4.96. The molecule has 1 aromatic heterocycles. The van der Waals surface area contributed by atoms with E-state index in [-0.39, 0.29) is 16.6 Å². The van der Waals surface area contributed by atoms with Gasteiger partial charge in [-0.15, -0.1) is 11.3 Å². The Hall–Kier alpha value is -3.17. The average molecular weight is 647 g/mol. The highest BCUT2D eigenvalue weighted by Gasteiger charge is 2.39.